The van der Waals surface area contributed by atoms with Crippen LogP contribution < -0.4 is 10.9 Å². The lowest BCUT2D eigenvalue weighted by Crippen LogP contribution is -2.19. The fourth-order valence-corrected chi connectivity index (χ4v) is 3.33. The first-order chi connectivity index (χ1) is 14.9. The van der Waals surface area contributed by atoms with Crippen molar-refractivity contribution in [2.45, 2.75) is 46.0 Å². The van der Waals surface area contributed by atoms with Gasteiger partial charge in [0.1, 0.15) is 0 Å². The lowest BCUT2D eigenvalue weighted by Gasteiger charge is -2.05. The van der Waals surface area contributed by atoms with Gasteiger partial charge in [0.2, 0.25) is 11.8 Å². The number of carbonyl (C=O) groups excluding carboxylic acids is 2. The SMILES string of the molecule is CC(=NNC(=O)CCCCCC(=O)NN=C(C)c1ccccc1Cl)c1ccccc1Cl. The highest BCUT2D eigenvalue weighted by molar-refractivity contribution is 6.34. The van der Waals surface area contributed by atoms with E-state index in [1.165, 1.54) is 0 Å². The summed E-state index contributed by atoms with van der Waals surface area (Å²) in [5.74, 6) is -0.341. The summed E-state index contributed by atoms with van der Waals surface area (Å²) >= 11 is 12.2. The predicted molar refractivity (Wildman–Crippen MR) is 127 cm³/mol. The minimum absolute atomic E-state index is 0.171. The maximum atomic E-state index is 11.9. The third-order valence-electron chi connectivity index (χ3n) is 4.53. The van der Waals surface area contributed by atoms with Gasteiger partial charge in [-0.15, -0.1) is 0 Å². The van der Waals surface area contributed by atoms with Crippen LogP contribution in [0.2, 0.25) is 10.0 Å². The number of rotatable bonds is 10. The average molecular weight is 461 g/mol. The topological polar surface area (TPSA) is 82.9 Å². The van der Waals surface area contributed by atoms with Gasteiger partial charge in [-0.1, -0.05) is 66.0 Å². The van der Waals surface area contributed by atoms with Gasteiger partial charge in [-0.3, -0.25) is 9.59 Å². The quantitative estimate of drug-likeness (QED) is 0.285. The molecule has 31 heavy (non-hydrogen) atoms. The van der Waals surface area contributed by atoms with E-state index in [0.717, 1.165) is 17.5 Å². The van der Waals surface area contributed by atoms with Gasteiger partial charge in [0.15, 0.2) is 0 Å². The lowest BCUT2D eigenvalue weighted by molar-refractivity contribution is -0.121. The van der Waals surface area contributed by atoms with Gasteiger partial charge in [0, 0.05) is 34.0 Å². The zero-order chi connectivity index (χ0) is 22.6. The zero-order valence-corrected chi connectivity index (χ0v) is 19.1. The van der Waals surface area contributed by atoms with Gasteiger partial charge in [-0.05, 0) is 38.8 Å². The summed E-state index contributed by atoms with van der Waals surface area (Å²) in [7, 11) is 0. The van der Waals surface area contributed by atoms with Gasteiger partial charge in [0.25, 0.3) is 0 Å². The molecule has 0 radical (unpaired) electrons. The van der Waals surface area contributed by atoms with Crippen molar-refractivity contribution in [3.63, 3.8) is 0 Å². The smallest absolute Gasteiger partial charge is 0.240 e. The molecule has 2 aromatic carbocycles. The van der Waals surface area contributed by atoms with Crippen molar-refractivity contribution in [1.29, 1.82) is 0 Å². The van der Waals surface area contributed by atoms with Crippen LogP contribution in [0.3, 0.4) is 0 Å². The van der Waals surface area contributed by atoms with E-state index in [1.807, 2.05) is 36.4 Å². The minimum atomic E-state index is -0.171. The third kappa shape index (κ3) is 8.52. The maximum Gasteiger partial charge on any atom is 0.240 e. The number of halogens is 2. The van der Waals surface area contributed by atoms with Crippen LogP contribution in [-0.2, 0) is 9.59 Å². The van der Waals surface area contributed by atoms with Crippen molar-refractivity contribution in [3.8, 4) is 0 Å². The van der Waals surface area contributed by atoms with Crippen LogP contribution in [0.1, 0.15) is 57.1 Å². The Kier molecular flexibility index (Phi) is 10.2. The third-order valence-corrected chi connectivity index (χ3v) is 5.19. The number of carbonyl (C=O) groups is 2. The Morgan fingerprint density at radius 1 is 0.710 bits per heavy atom. The largest absolute Gasteiger partial charge is 0.273 e. The molecule has 0 saturated heterocycles. The summed E-state index contributed by atoms with van der Waals surface area (Å²) in [6.45, 7) is 3.58. The minimum Gasteiger partial charge on any atom is -0.273 e. The summed E-state index contributed by atoms with van der Waals surface area (Å²) in [5.41, 5.74) is 7.93. The van der Waals surface area contributed by atoms with Gasteiger partial charge in [0.05, 0.1) is 11.4 Å². The van der Waals surface area contributed by atoms with Crippen LogP contribution >= 0.6 is 23.2 Å². The monoisotopic (exact) mass is 460 g/mol. The van der Waals surface area contributed by atoms with Crippen LogP contribution in [0.4, 0.5) is 0 Å². The van der Waals surface area contributed by atoms with Crippen molar-refractivity contribution < 1.29 is 9.59 Å². The van der Waals surface area contributed by atoms with Gasteiger partial charge >= 0.3 is 0 Å². The van der Waals surface area contributed by atoms with Crippen LogP contribution in [-0.4, -0.2) is 23.2 Å². The summed E-state index contributed by atoms with van der Waals surface area (Å²) in [6.07, 6.45) is 2.76. The summed E-state index contributed by atoms with van der Waals surface area (Å²) in [5, 5.41) is 9.37. The van der Waals surface area contributed by atoms with Gasteiger partial charge in [-0.25, -0.2) is 10.9 Å². The highest BCUT2D eigenvalue weighted by Crippen LogP contribution is 2.16. The van der Waals surface area contributed by atoms with E-state index in [2.05, 4.69) is 21.1 Å². The zero-order valence-electron chi connectivity index (χ0n) is 17.6. The van der Waals surface area contributed by atoms with Gasteiger partial charge < -0.3 is 0 Å². The summed E-state index contributed by atoms with van der Waals surface area (Å²) < 4.78 is 0. The van der Waals surface area contributed by atoms with E-state index in [1.54, 1.807) is 26.0 Å². The number of hydrogen-bond acceptors (Lipinski definition) is 4. The van der Waals surface area contributed by atoms with E-state index in [9.17, 15) is 9.59 Å². The van der Waals surface area contributed by atoms with E-state index < -0.39 is 0 Å². The Morgan fingerprint density at radius 2 is 1.10 bits per heavy atom. The second-order valence-corrected chi connectivity index (χ2v) is 7.80. The number of hydrazone groups is 2. The molecule has 0 heterocycles. The number of amides is 2. The molecule has 0 unspecified atom stereocenters. The van der Waals surface area contributed by atoms with Crippen molar-refractivity contribution >= 4 is 46.4 Å². The molecule has 0 aliphatic carbocycles. The molecule has 0 aliphatic rings. The highest BCUT2D eigenvalue weighted by Gasteiger charge is 2.06. The summed E-state index contributed by atoms with van der Waals surface area (Å²) in [6, 6.07) is 14.6. The number of nitrogens with one attached hydrogen (secondary N) is 2. The fourth-order valence-electron chi connectivity index (χ4n) is 2.78. The number of benzene rings is 2. The molecule has 0 aliphatic heterocycles. The number of unbranched alkanes of at least 4 members (excludes halogenated alkanes) is 2. The van der Waals surface area contributed by atoms with E-state index in [4.69, 9.17) is 23.2 Å². The molecule has 0 fully saturated rings. The first-order valence-electron chi connectivity index (χ1n) is 10.0. The number of hydrogen-bond donors (Lipinski definition) is 2. The van der Waals surface area contributed by atoms with E-state index in [0.29, 0.717) is 47.2 Å². The molecule has 0 spiro atoms. The van der Waals surface area contributed by atoms with Crippen molar-refractivity contribution in [2.24, 2.45) is 10.2 Å². The molecule has 2 aromatic rings. The van der Waals surface area contributed by atoms with E-state index >= 15 is 0 Å². The second kappa shape index (κ2) is 12.9. The van der Waals surface area contributed by atoms with Crippen molar-refractivity contribution in [2.75, 3.05) is 0 Å². The van der Waals surface area contributed by atoms with Crippen LogP contribution in [0, 0.1) is 0 Å². The molecule has 0 aromatic heterocycles. The summed E-state index contributed by atoms with van der Waals surface area (Å²) in [4.78, 5) is 23.9. The molecule has 2 amide bonds. The predicted octanol–water partition coefficient (Wildman–Crippen LogP) is 5.32. The van der Waals surface area contributed by atoms with Crippen molar-refractivity contribution in [1.82, 2.24) is 10.9 Å². The normalized spacial score (nSPS) is 11.9. The molecule has 0 bridgehead atoms. The molecule has 0 atom stereocenters. The molecular weight excluding hydrogens is 435 g/mol. The van der Waals surface area contributed by atoms with Crippen molar-refractivity contribution in [3.05, 3.63) is 69.7 Å². The van der Waals surface area contributed by atoms with Crippen LogP contribution in [0.5, 0.6) is 0 Å². The molecule has 164 valence electrons. The first-order valence-corrected chi connectivity index (χ1v) is 10.8. The molecule has 8 heteroatoms. The molecule has 6 nitrogen and oxygen atoms in total. The molecule has 2 N–H and O–H groups in total. The maximum absolute atomic E-state index is 11.9. The number of nitrogens with zero attached hydrogens (tertiary/aromatic N) is 2. The van der Waals surface area contributed by atoms with E-state index in [-0.39, 0.29) is 11.8 Å². The average Bonchev–Trinajstić information content (AvgIpc) is 2.76. The van der Waals surface area contributed by atoms with Crippen LogP contribution in [0.25, 0.3) is 0 Å². The second-order valence-electron chi connectivity index (χ2n) is 6.98. The molecule has 2 rings (SSSR count). The highest BCUT2D eigenvalue weighted by atomic mass is 35.5. The van der Waals surface area contributed by atoms with Crippen LogP contribution in [0.15, 0.2) is 58.7 Å². The Hall–Kier alpha value is -2.70. The Morgan fingerprint density at radius 3 is 1.48 bits per heavy atom. The standard InChI is InChI=1S/C23H26Cl2N4O2/c1-16(18-10-6-8-12-20(18)24)26-28-22(30)14-4-3-5-15-23(31)29-27-17(2)19-11-7-9-13-21(19)25/h6-13H,3-5,14-15H2,1-2H3,(H,28,30)(H,29,31). The Labute approximate surface area is 192 Å². The molecule has 0 saturated carbocycles. The lowest BCUT2D eigenvalue weighted by atomic mass is 10.1. The Bertz CT molecular complexity index is 896. The Balaban J connectivity index is 1.64. The van der Waals surface area contributed by atoms with Gasteiger partial charge in [-0.2, -0.15) is 10.2 Å². The first kappa shape index (κ1) is 24.6. The fraction of sp³-hybridized carbons (Fsp3) is 0.304. The molecular formula is C23H26Cl2N4O2.